The molecule has 0 bridgehead atoms. The Kier molecular flexibility index (Phi) is 8.80. The first-order valence-electron chi connectivity index (χ1n) is 13.3. The molecule has 5 rings (SSSR count). The minimum atomic E-state index is -1.77. The summed E-state index contributed by atoms with van der Waals surface area (Å²) < 4.78 is 33.5. The molecule has 0 aliphatic carbocycles. The van der Waals surface area contributed by atoms with Gasteiger partial charge in [0.2, 0.25) is 6.29 Å². The summed E-state index contributed by atoms with van der Waals surface area (Å²) in [7, 11) is 1.38. The van der Waals surface area contributed by atoms with Crippen LogP contribution in [0.2, 0.25) is 0 Å². The highest BCUT2D eigenvalue weighted by Crippen LogP contribution is 2.36. The monoisotopic (exact) mass is 608 g/mol. The van der Waals surface area contributed by atoms with E-state index in [1.54, 1.807) is 6.07 Å². The van der Waals surface area contributed by atoms with Crippen LogP contribution in [0, 0.1) is 0 Å². The second-order valence-electron chi connectivity index (χ2n) is 10.3. The van der Waals surface area contributed by atoms with Crippen LogP contribution in [0.25, 0.3) is 22.3 Å². The van der Waals surface area contributed by atoms with E-state index in [1.807, 2.05) is 0 Å². The van der Waals surface area contributed by atoms with Crippen LogP contribution in [0.3, 0.4) is 0 Å². The fourth-order valence-corrected chi connectivity index (χ4v) is 5.01. The number of rotatable bonds is 7. The van der Waals surface area contributed by atoms with Crippen LogP contribution in [-0.4, -0.2) is 116 Å². The molecule has 0 saturated carbocycles. The number of ether oxygens (including phenoxy) is 5. The standard InChI is InChI=1S/C28H32O15/c1-10-21(33)23(35)25(37)27(39-10)43-26-24(36)22(34)19(9-29)42-28(26)40-12-6-14(31)20-15(32)8-17(41-18(20)7-12)11-3-4-16(38-2)13(30)5-11/h3-8,10,19,21-31,33-37H,9H2,1-2H3/t10-,19-,21+,22-,23+,24-,25-,26+,27+,28-/m1/s1. The van der Waals surface area contributed by atoms with Gasteiger partial charge in [0.15, 0.2) is 29.3 Å². The molecule has 0 amide bonds. The van der Waals surface area contributed by atoms with Crippen molar-refractivity contribution in [2.45, 2.75) is 68.3 Å². The number of benzene rings is 2. The molecule has 10 atom stereocenters. The number of phenolic OH excluding ortho intramolecular Hbond substituents is 2. The van der Waals surface area contributed by atoms with E-state index in [2.05, 4.69) is 0 Å². The molecule has 2 aliphatic rings. The number of hydrogen-bond acceptors (Lipinski definition) is 15. The molecule has 15 nitrogen and oxygen atoms in total. The van der Waals surface area contributed by atoms with Gasteiger partial charge in [0, 0.05) is 23.8 Å². The first kappa shape index (κ1) is 30.9. The molecule has 2 aliphatic heterocycles. The second kappa shape index (κ2) is 12.2. The summed E-state index contributed by atoms with van der Waals surface area (Å²) >= 11 is 0. The number of aromatic hydroxyl groups is 2. The molecule has 3 heterocycles. The highest BCUT2D eigenvalue weighted by atomic mass is 16.8. The molecule has 15 heteroatoms. The van der Waals surface area contributed by atoms with Crippen LogP contribution in [0.5, 0.6) is 23.0 Å². The predicted molar refractivity (Wildman–Crippen MR) is 143 cm³/mol. The minimum Gasteiger partial charge on any atom is -0.507 e. The van der Waals surface area contributed by atoms with Crippen molar-refractivity contribution >= 4 is 11.0 Å². The van der Waals surface area contributed by atoms with Gasteiger partial charge in [0.05, 0.1) is 19.8 Å². The van der Waals surface area contributed by atoms with Gasteiger partial charge in [0.25, 0.3) is 0 Å². The zero-order valence-electron chi connectivity index (χ0n) is 22.9. The normalized spacial score (nSPS) is 32.9. The van der Waals surface area contributed by atoms with Crippen LogP contribution in [0.15, 0.2) is 45.6 Å². The fourth-order valence-electron chi connectivity index (χ4n) is 5.01. The van der Waals surface area contributed by atoms with Gasteiger partial charge in [-0.05, 0) is 25.1 Å². The highest BCUT2D eigenvalue weighted by Gasteiger charge is 2.50. The number of fused-ring (bicyclic) bond motifs is 1. The molecule has 3 aromatic rings. The Labute approximate surface area is 243 Å². The Morgan fingerprint density at radius 2 is 1.58 bits per heavy atom. The summed E-state index contributed by atoms with van der Waals surface area (Å²) in [4.78, 5) is 12.9. The first-order chi connectivity index (χ1) is 20.4. The molecule has 2 saturated heterocycles. The van der Waals surface area contributed by atoms with Crippen LogP contribution >= 0.6 is 0 Å². The Balaban J connectivity index is 1.48. The fraction of sp³-hybridized carbons (Fsp3) is 0.464. The third-order valence-corrected chi connectivity index (χ3v) is 7.42. The average molecular weight is 609 g/mol. The number of aliphatic hydroxyl groups excluding tert-OH is 6. The summed E-state index contributed by atoms with van der Waals surface area (Å²) in [6, 6.07) is 7.77. The van der Waals surface area contributed by atoms with E-state index in [9.17, 15) is 45.6 Å². The maximum absolute atomic E-state index is 12.9. The van der Waals surface area contributed by atoms with Crippen molar-refractivity contribution in [1.29, 1.82) is 0 Å². The molecular formula is C28H32O15. The second-order valence-corrected chi connectivity index (χ2v) is 10.3. The zero-order valence-corrected chi connectivity index (χ0v) is 22.9. The van der Waals surface area contributed by atoms with Gasteiger partial charge >= 0.3 is 0 Å². The van der Waals surface area contributed by atoms with E-state index in [1.165, 1.54) is 32.2 Å². The van der Waals surface area contributed by atoms with Gasteiger partial charge in [-0.2, -0.15) is 0 Å². The van der Waals surface area contributed by atoms with Crippen molar-refractivity contribution in [1.82, 2.24) is 0 Å². The van der Waals surface area contributed by atoms with Crippen LogP contribution in [-0.2, 0) is 14.2 Å². The van der Waals surface area contributed by atoms with Crippen molar-refractivity contribution in [3.8, 4) is 34.3 Å². The molecule has 0 unspecified atom stereocenters. The smallest absolute Gasteiger partial charge is 0.229 e. The molecule has 2 aromatic carbocycles. The molecule has 8 N–H and O–H groups in total. The topological polar surface area (TPSA) is 238 Å². The lowest BCUT2D eigenvalue weighted by molar-refractivity contribution is -0.354. The van der Waals surface area contributed by atoms with Gasteiger partial charge < -0.3 is 69.0 Å². The third-order valence-electron chi connectivity index (χ3n) is 7.42. The summed E-state index contributed by atoms with van der Waals surface area (Å²) in [5, 5.41) is 82.2. The van der Waals surface area contributed by atoms with Crippen molar-refractivity contribution in [3.63, 3.8) is 0 Å². The molecule has 234 valence electrons. The number of methoxy groups -OCH3 is 1. The van der Waals surface area contributed by atoms with E-state index in [-0.39, 0.29) is 34.0 Å². The number of phenols is 2. The Hall–Kier alpha value is -3.51. The van der Waals surface area contributed by atoms with Crippen molar-refractivity contribution < 1.29 is 69.0 Å². The molecule has 0 radical (unpaired) electrons. The van der Waals surface area contributed by atoms with Gasteiger partial charge in [-0.1, -0.05) is 0 Å². The summed E-state index contributed by atoms with van der Waals surface area (Å²) in [6.07, 6.45) is -15.4. The third kappa shape index (κ3) is 5.86. The van der Waals surface area contributed by atoms with Crippen LogP contribution in [0.4, 0.5) is 0 Å². The summed E-state index contributed by atoms with van der Waals surface area (Å²) in [6.45, 7) is 0.687. The minimum absolute atomic E-state index is 0.0410. The Morgan fingerprint density at radius 1 is 0.837 bits per heavy atom. The molecule has 1 aromatic heterocycles. The lowest BCUT2D eigenvalue weighted by Gasteiger charge is -2.45. The molecule has 43 heavy (non-hydrogen) atoms. The summed E-state index contributed by atoms with van der Waals surface area (Å²) in [5.41, 5.74) is -0.414. The van der Waals surface area contributed by atoms with Gasteiger partial charge in [-0.25, -0.2) is 0 Å². The van der Waals surface area contributed by atoms with E-state index in [4.69, 9.17) is 28.1 Å². The predicted octanol–water partition coefficient (Wildman–Crippen LogP) is -1.09. The lowest BCUT2D eigenvalue weighted by Crippen LogP contribution is -2.64. The van der Waals surface area contributed by atoms with Crippen LogP contribution in [0.1, 0.15) is 6.92 Å². The van der Waals surface area contributed by atoms with E-state index < -0.39 is 79.2 Å². The molecular weight excluding hydrogens is 576 g/mol. The molecule has 2 fully saturated rings. The van der Waals surface area contributed by atoms with Gasteiger partial charge in [0.1, 0.15) is 64.9 Å². The van der Waals surface area contributed by atoms with Gasteiger partial charge in [-0.3, -0.25) is 4.79 Å². The van der Waals surface area contributed by atoms with E-state index in [0.717, 1.165) is 12.1 Å². The van der Waals surface area contributed by atoms with Crippen molar-refractivity contribution in [2.24, 2.45) is 0 Å². The maximum Gasteiger partial charge on any atom is 0.229 e. The van der Waals surface area contributed by atoms with Gasteiger partial charge in [-0.15, -0.1) is 0 Å². The Morgan fingerprint density at radius 3 is 2.26 bits per heavy atom. The quantitative estimate of drug-likeness (QED) is 0.159. The van der Waals surface area contributed by atoms with Crippen LogP contribution < -0.4 is 14.9 Å². The first-order valence-corrected chi connectivity index (χ1v) is 13.3. The summed E-state index contributed by atoms with van der Waals surface area (Å²) in [5.74, 6) is -0.653. The molecule has 0 spiro atoms. The SMILES string of the molecule is COc1ccc(-c2cc(=O)c3c(O)cc(O[C@@H]4O[C@H](CO)[C@@H](O)[C@@H](O)[C@@H]4O[C@@H]4O[C@H](C)[C@H](O)[C@H](O)[C@H]4O)cc3o2)cc1O. The van der Waals surface area contributed by atoms with Crippen molar-refractivity contribution in [3.05, 3.63) is 46.6 Å². The lowest BCUT2D eigenvalue weighted by atomic mass is 9.97. The number of aliphatic hydroxyl groups is 6. The van der Waals surface area contributed by atoms with E-state index in [0.29, 0.717) is 5.56 Å². The van der Waals surface area contributed by atoms with Crippen molar-refractivity contribution in [2.75, 3.05) is 13.7 Å². The Bertz CT molecular complexity index is 1510. The maximum atomic E-state index is 12.9. The largest absolute Gasteiger partial charge is 0.507 e. The number of hydrogen-bond donors (Lipinski definition) is 8. The highest BCUT2D eigenvalue weighted by molar-refractivity contribution is 5.86. The van der Waals surface area contributed by atoms with E-state index >= 15 is 0 Å². The zero-order chi connectivity index (χ0) is 31.2. The average Bonchev–Trinajstić information content (AvgIpc) is 2.97.